The summed E-state index contributed by atoms with van der Waals surface area (Å²) in [7, 11) is 0. The molecule has 0 bridgehead atoms. The van der Waals surface area contributed by atoms with Crippen LogP contribution in [0.4, 0.5) is 0 Å². The molecule has 0 radical (unpaired) electrons. The SMILES string of the molecule is CC1CCCCC1(C)C=O. The van der Waals surface area contributed by atoms with Gasteiger partial charge >= 0.3 is 0 Å². The second kappa shape index (κ2) is 2.73. The van der Waals surface area contributed by atoms with Crippen molar-refractivity contribution < 1.29 is 4.79 Å². The predicted molar refractivity (Wildman–Crippen MR) is 41.8 cm³/mol. The standard InChI is InChI=1S/C9H16O/c1-8-5-3-4-6-9(8,2)7-10/h7-8H,3-6H2,1-2H3. The molecular formula is C9H16O. The lowest BCUT2D eigenvalue weighted by molar-refractivity contribution is -0.119. The van der Waals surface area contributed by atoms with Crippen LogP contribution in [0.5, 0.6) is 0 Å². The minimum absolute atomic E-state index is 0.00174. The first-order valence-electron chi connectivity index (χ1n) is 4.15. The van der Waals surface area contributed by atoms with Gasteiger partial charge in [0.05, 0.1) is 0 Å². The fourth-order valence-electron chi connectivity index (χ4n) is 1.71. The Morgan fingerprint density at radius 1 is 1.50 bits per heavy atom. The molecule has 58 valence electrons. The van der Waals surface area contributed by atoms with E-state index in [1.807, 2.05) is 0 Å². The van der Waals surface area contributed by atoms with Crippen molar-refractivity contribution in [2.24, 2.45) is 11.3 Å². The fourth-order valence-corrected chi connectivity index (χ4v) is 1.71. The highest BCUT2D eigenvalue weighted by molar-refractivity contribution is 5.59. The fraction of sp³-hybridized carbons (Fsp3) is 0.889. The van der Waals surface area contributed by atoms with E-state index in [4.69, 9.17) is 0 Å². The van der Waals surface area contributed by atoms with Crippen molar-refractivity contribution >= 4 is 6.29 Å². The Morgan fingerprint density at radius 3 is 2.60 bits per heavy atom. The maximum atomic E-state index is 10.7. The molecule has 2 atom stereocenters. The first-order valence-corrected chi connectivity index (χ1v) is 4.15. The van der Waals surface area contributed by atoms with Gasteiger partial charge < -0.3 is 4.79 Å². The predicted octanol–water partition coefficient (Wildman–Crippen LogP) is 2.40. The quantitative estimate of drug-likeness (QED) is 0.511. The lowest BCUT2D eigenvalue weighted by atomic mass is 9.69. The van der Waals surface area contributed by atoms with Crippen LogP contribution in [0, 0.1) is 11.3 Å². The van der Waals surface area contributed by atoms with Gasteiger partial charge in [-0.1, -0.05) is 26.7 Å². The van der Waals surface area contributed by atoms with Crippen molar-refractivity contribution in [2.45, 2.75) is 39.5 Å². The van der Waals surface area contributed by atoms with Crippen molar-refractivity contribution in [3.05, 3.63) is 0 Å². The van der Waals surface area contributed by atoms with Crippen LogP contribution in [0.15, 0.2) is 0 Å². The van der Waals surface area contributed by atoms with Crippen molar-refractivity contribution in [2.75, 3.05) is 0 Å². The minimum Gasteiger partial charge on any atom is -0.303 e. The summed E-state index contributed by atoms with van der Waals surface area (Å²) < 4.78 is 0. The second-order valence-electron chi connectivity index (χ2n) is 3.77. The number of hydrogen-bond acceptors (Lipinski definition) is 1. The van der Waals surface area contributed by atoms with Gasteiger partial charge in [-0.3, -0.25) is 0 Å². The largest absolute Gasteiger partial charge is 0.303 e. The van der Waals surface area contributed by atoms with E-state index in [2.05, 4.69) is 13.8 Å². The van der Waals surface area contributed by atoms with Gasteiger partial charge in [0.2, 0.25) is 0 Å². The number of rotatable bonds is 1. The highest BCUT2D eigenvalue weighted by Crippen LogP contribution is 2.38. The molecule has 0 aromatic carbocycles. The van der Waals surface area contributed by atoms with Crippen LogP contribution < -0.4 is 0 Å². The maximum Gasteiger partial charge on any atom is 0.126 e. The van der Waals surface area contributed by atoms with Crippen LogP contribution >= 0.6 is 0 Å². The van der Waals surface area contributed by atoms with Gasteiger partial charge in [0.1, 0.15) is 6.29 Å². The number of hydrogen-bond donors (Lipinski definition) is 0. The van der Waals surface area contributed by atoms with E-state index in [1.165, 1.54) is 19.3 Å². The van der Waals surface area contributed by atoms with Gasteiger partial charge in [-0.05, 0) is 18.8 Å². The molecule has 0 heterocycles. The van der Waals surface area contributed by atoms with E-state index in [0.717, 1.165) is 12.7 Å². The van der Waals surface area contributed by atoms with Gasteiger partial charge in [-0.15, -0.1) is 0 Å². The van der Waals surface area contributed by atoms with Crippen LogP contribution in [0.25, 0.3) is 0 Å². The molecule has 2 unspecified atom stereocenters. The van der Waals surface area contributed by atoms with E-state index < -0.39 is 0 Å². The Labute approximate surface area is 62.8 Å². The Morgan fingerprint density at radius 2 is 2.20 bits per heavy atom. The molecule has 1 rings (SSSR count). The van der Waals surface area contributed by atoms with E-state index >= 15 is 0 Å². The molecule has 1 aliphatic carbocycles. The van der Waals surface area contributed by atoms with Crippen LogP contribution in [-0.4, -0.2) is 6.29 Å². The average molecular weight is 140 g/mol. The third kappa shape index (κ3) is 1.23. The summed E-state index contributed by atoms with van der Waals surface area (Å²) in [5.74, 6) is 0.596. The van der Waals surface area contributed by atoms with Crippen molar-refractivity contribution in [3.63, 3.8) is 0 Å². The summed E-state index contributed by atoms with van der Waals surface area (Å²) in [6.07, 6.45) is 6.02. The minimum atomic E-state index is -0.00174. The molecule has 0 N–H and O–H groups in total. The summed E-state index contributed by atoms with van der Waals surface area (Å²) in [6, 6.07) is 0. The normalized spacial score (nSPS) is 41.2. The Bertz CT molecular complexity index is 131. The maximum absolute atomic E-state index is 10.7. The molecule has 1 heteroatoms. The van der Waals surface area contributed by atoms with Crippen LogP contribution in [0.3, 0.4) is 0 Å². The van der Waals surface area contributed by atoms with Gasteiger partial charge in [-0.2, -0.15) is 0 Å². The third-order valence-electron chi connectivity index (χ3n) is 3.00. The van der Waals surface area contributed by atoms with Crippen molar-refractivity contribution in [3.8, 4) is 0 Å². The molecule has 10 heavy (non-hydrogen) atoms. The monoisotopic (exact) mass is 140 g/mol. The van der Waals surface area contributed by atoms with Crippen LogP contribution in [0.1, 0.15) is 39.5 Å². The average Bonchev–Trinajstić information content (AvgIpc) is 1.96. The van der Waals surface area contributed by atoms with Crippen LogP contribution in [-0.2, 0) is 4.79 Å². The zero-order valence-corrected chi connectivity index (χ0v) is 6.89. The van der Waals surface area contributed by atoms with Crippen molar-refractivity contribution in [1.29, 1.82) is 0 Å². The number of aldehydes is 1. The van der Waals surface area contributed by atoms with E-state index in [0.29, 0.717) is 5.92 Å². The number of carbonyl (C=O) groups excluding carboxylic acids is 1. The Kier molecular flexibility index (Phi) is 2.12. The molecular weight excluding hydrogens is 124 g/mol. The van der Waals surface area contributed by atoms with E-state index in [1.54, 1.807) is 0 Å². The van der Waals surface area contributed by atoms with Crippen molar-refractivity contribution in [1.82, 2.24) is 0 Å². The smallest absolute Gasteiger partial charge is 0.126 e. The third-order valence-corrected chi connectivity index (χ3v) is 3.00. The van der Waals surface area contributed by atoms with Gasteiger partial charge in [0.25, 0.3) is 0 Å². The molecule has 0 saturated heterocycles. The lowest BCUT2D eigenvalue weighted by Gasteiger charge is -2.34. The molecule has 1 aliphatic rings. The van der Waals surface area contributed by atoms with Crippen LogP contribution in [0.2, 0.25) is 0 Å². The Hall–Kier alpha value is -0.330. The van der Waals surface area contributed by atoms with Gasteiger partial charge in [-0.25, -0.2) is 0 Å². The first kappa shape index (κ1) is 7.77. The molecule has 0 aliphatic heterocycles. The summed E-state index contributed by atoms with van der Waals surface area (Å²) >= 11 is 0. The number of carbonyl (C=O) groups is 1. The summed E-state index contributed by atoms with van der Waals surface area (Å²) in [5.41, 5.74) is -0.00174. The summed E-state index contributed by atoms with van der Waals surface area (Å²) in [6.45, 7) is 4.28. The zero-order valence-electron chi connectivity index (χ0n) is 6.89. The highest BCUT2D eigenvalue weighted by atomic mass is 16.1. The molecule has 1 nitrogen and oxygen atoms in total. The molecule has 0 aromatic heterocycles. The highest BCUT2D eigenvalue weighted by Gasteiger charge is 2.32. The molecule has 1 saturated carbocycles. The van der Waals surface area contributed by atoms with Gasteiger partial charge in [0.15, 0.2) is 0 Å². The zero-order chi connectivity index (χ0) is 7.61. The molecule has 0 aromatic rings. The topological polar surface area (TPSA) is 17.1 Å². The summed E-state index contributed by atoms with van der Waals surface area (Å²) in [4.78, 5) is 10.7. The van der Waals surface area contributed by atoms with E-state index in [-0.39, 0.29) is 5.41 Å². The molecule has 1 fully saturated rings. The first-order chi connectivity index (χ1) is 4.69. The lowest BCUT2D eigenvalue weighted by Crippen LogP contribution is -2.30. The Balaban J connectivity index is 2.62. The van der Waals surface area contributed by atoms with E-state index in [9.17, 15) is 4.79 Å². The molecule has 0 spiro atoms. The van der Waals surface area contributed by atoms with Gasteiger partial charge in [0, 0.05) is 5.41 Å². The molecule has 0 amide bonds. The second-order valence-corrected chi connectivity index (χ2v) is 3.77. The summed E-state index contributed by atoms with van der Waals surface area (Å²) in [5, 5.41) is 0.